The Morgan fingerprint density at radius 2 is 1.23 bits per heavy atom. The maximum atomic E-state index is 13.7. The van der Waals surface area contributed by atoms with Crippen LogP contribution < -0.4 is 9.46 Å². The molecular formula is C37H26F3NO5S. The maximum absolute atomic E-state index is 13.7. The zero-order valence-corrected chi connectivity index (χ0v) is 25.3. The van der Waals surface area contributed by atoms with Crippen LogP contribution in [0.25, 0.3) is 10.8 Å². The Balaban J connectivity index is 1.34. The Bertz CT molecular complexity index is 2120. The molecule has 0 aliphatic carbocycles. The summed E-state index contributed by atoms with van der Waals surface area (Å²) in [7, 11) is -4.37. The summed E-state index contributed by atoms with van der Waals surface area (Å²) in [6.45, 7) is 0. The fourth-order valence-corrected chi connectivity index (χ4v) is 6.11. The first-order valence-electron chi connectivity index (χ1n) is 14.4. The number of nitrogens with one attached hydrogen (secondary N) is 1. The van der Waals surface area contributed by atoms with Crippen molar-refractivity contribution in [3.05, 3.63) is 168 Å². The van der Waals surface area contributed by atoms with Gasteiger partial charge in [-0.1, -0.05) is 103 Å². The van der Waals surface area contributed by atoms with Gasteiger partial charge in [-0.05, 0) is 64.4 Å². The summed E-state index contributed by atoms with van der Waals surface area (Å²) in [5.41, 5.74) is -0.144. The largest absolute Gasteiger partial charge is 0.454 e. The Kier molecular flexibility index (Phi) is 8.69. The number of anilines is 1. The molecule has 0 aromatic heterocycles. The van der Waals surface area contributed by atoms with E-state index in [9.17, 15) is 26.4 Å². The van der Waals surface area contributed by atoms with E-state index in [4.69, 9.17) is 9.47 Å². The molecule has 0 atom stereocenters. The molecule has 6 aromatic rings. The molecule has 6 aromatic carbocycles. The van der Waals surface area contributed by atoms with Crippen molar-refractivity contribution in [2.24, 2.45) is 0 Å². The van der Waals surface area contributed by atoms with Crippen molar-refractivity contribution in [2.75, 3.05) is 4.72 Å². The van der Waals surface area contributed by atoms with Crippen molar-refractivity contribution in [1.29, 1.82) is 0 Å². The number of carbonyl (C=O) groups is 1. The molecule has 47 heavy (non-hydrogen) atoms. The average molecular weight is 654 g/mol. The van der Waals surface area contributed by atoms with E-state index in [0.717, 1.165) is 28.6 Å². The van der Waals surface area contributed by atoms with Crippen LogP contribution in [0.3, 0.4) is 0 Å². The quantitative estimate of drug-likeness (QED) is 0.157. The van der Waals surface area contributed by atoms with Gasteiger partial charge >= 0.3 is 12.1 Å². The molecule has 0 bridgehead atoms. The SMILES string of the molecule is O=C(OC(c1ccccc1)c1ccccc1)c1ccccc1Oc1ccc(C(F)(F)F)cc1NS(=O)(=O)c1ccc2ccccc2c1. The van der Waals surface area contributed by atoms with Crippen LogP contribution >= 0.6 is 0 Å². The summed E-state index contributed by atoms with van der Waals surface area (Å²) in [5, 5.41) is 1.42. The predicted molar refractivity (Wildman–Crippen MR) is 173 cm³/mol. The van der Waals surface area contributed by atoms with Crippen molar-refractivity contribution in [2.45, 2.75) is 17.2 Å². The number of para-hydroxylation sites is 1. The van der Waals surface area contributed by atoms with E-state index < -0.39 is 39.5 Å². The van der Waals surface area contributed by atoms with E-state index >= 15 is 0 Å². The van der Waals surface area contributed by atoms with E-state index in [-0.39, 0.29) is 22.0 Å². The molecule has 0 spiro atoms. The van der Waals surface area contributed by atoms with E-state index in [1.807, 2.05) is 66.7 Å². The van der Waals surface area contributed by atoms with Gasteiger partial charge in [0.1, 0.15) is 11.3 Å². The van der Waals surface area contributed by atoms with E-state index in [2.05, 4.69) is 4.72 Å². The number of rotatable bonds is 9. The number of sulfonamides is 1. The van der Waals surface area contributed by atoms with Crippen molar-refractivity contribution in [1.82, 2.24) is 0 Å². The monoisotopic (exact) mass is 653 g/mol. The highest BCUT2D eigenvalue weighted by atomic mass is 32.2. The molecule has 0 radical (unpaired) electrons. The number of hydrogen-bond donors (Lipinski definition) is 1. The first-order chi connectivity index (χ1) is 22.6. The molecule has 0 aliphatic rings. The molecule has 6 nitrogen and oxygen atoms in total. The minimum atomic E-state index is -4.77. The van der Waals surface area contributed by atoms with Gasteiger partial charge in [-0.2, -0.15) is 13.2 Å². The third kappa shape index (κ3) is 7.13. The summed E-state index contributed by atoms with van der Waals surface area (Å²) >= 11 is 0. The van der Waals surface area contributed by atoms with Gasteiger partial charge < -0.3 is 9.47 Å². The number of esters is 1. The van der Waals surface area contributed by atoms with Gasteiger partial charge in [-0.3, -0.25) is 4.72 Å². The van der Waals surface area contributed by atoms with Crippen LogP contribution in [-0.2, 0) is 20.9 Å². The van der Waals surface area contributed by atoms with Gasteiger partial charge in [0.05, 0.1) is 16.1 Å². The molecule has 0 unspecified atom stereocenters. The molecule has 0 aliphatic heterocycles. The molecule has 1 N–H and O–H groups in total. The number of benzene rings is 6. The summed E-state index contributed by atoms with van der Waals surface area (Å²) < 4.78 is 82.4. The van der Waals surface area contributed by atoms with Crippen LogP contribution in [0.4, 0.5) is 18.9 Å². The highest BCUT2D eigenvalue weighted by Crippen LogP contribution is 2.39. The van der Waals surface area contributed by atoms with Crippen molar-refractivity contribution in [3.63, 3.8) is 0 Å². The number of carbonyl (C=O) groups excluding carboxylic acids is 1. The summed E-state index contributed by atoms with van der Waals surface area (Å²) in [5.74, 6) is -1.07. The van der Waals surface area contributed by atoms with Gasteiger partial charge in [0.25, 0.3) is 10.0 Å². The highest BCUT2D eigenvalue weighted by molar-refractivity contribution is 7.92. The minimum Gasteiger partial charge on any atom is -0.454 e. The Hall–Kier alpha value is -5.61. The molecule has 0 saturated heterocycles. The van der Waals surface area contributed by atoms with Crippen LogP contribution in [0.5, 0.6) is 11.5 Å². The van der Waals surface area contributed by atoms with Gasteiger partial charge in [-0.15, -0.1) is 0 Å². The molecular weight excluding hydrogens is 627 g/mol. The first kappa shape index (κ1) is 31.4. The van der Waals surface area contributed by atoms with Crippen LogP contribution in [0.2, 0.25) is 0 Å². The second kappa shape index (κ2) is 13.0. The van der Waals surface area contributed by atoms with Gasteiger partial charge in [-0.25, -0.2) is 13.2 Å². The second-order valence-corrected chi connectivity index (χ2v) is 12.2. The van der Waals surface area contributed by atoms with Crippen molar-refractivity contribution in [3.8, 4) is 11.5 Å². The number of alkyl halides is 3. The number of halogens is 3. The highest BCUT2D eigenvalue weighted by Gasteiger charge is 2.32. The van der Waals surface area contributed by atoms with Gasteiger partial charge in [0.15, 0.2) is 11.9 Å². The lowest BCUT2D eigenvalue weighted by Crippen LogP contribution is -2.15. The number of hydrogen-bond acceptors (Lipinski definition) is 5. The fourth-order valence-electron chi connectivity index (χ4n) is 5.01. The molecule has 0 fully saturated rings. The van der Waals surface area contributed by atoms with Crippen LogP contribution in [0.1, 0.15) is 33.2 Å². The number of ether oxygens (including phenoxy) is 2. The van der Waals surface area contributed by atoms with Gasteiger partial charge in [0.2, 0.25) is 0 Å². The summed E-state index contributed by atoms with van der Waals surface area (Å²) in [6.07, 6.45) is -5.54. The second-order valence-electron chi connectivity index (χ2n) is 10.5. The van der Waals surface area contributed by atoms with Gasteiger partial charge in [0, 0.05) is 0 Å². The maximum Gasteiger partial charge on any atom is 0.416 e. The Morgan fingerprint density at radius 1 is 0.638 bits per heavy atom. The first-order valence-corrected chi connectivity index (χ1v) is 15.9. The van der Waals surface area contributed by atoms with E-state index in [1.54, 1.807) is 36.4 Å². The molecule has 10 heteroatoms. The normalized spacial score (nSPS) is 11.7. The third-order valence-corrected chi connectivity index (χ3v) is 8.70. The smallest absolute Gasteiger partial charge is 0.416 e. The van der Waals surface area contributed by atoms with Crippen LogP contribution in [-0.4, -0.2) is 14.4 Å². The molecule has 0 amide bonds. The Morgan fingerprint density at radius 3 is 1.89 bits per heavy atom. The van der Waals surface area contributed by atoms with Crippen LogP contribution in [0, 0.1) is 0 Å². The lowest BCUT2D eigenvalue weighted by Gasteiger charge is -2.20. The van der Waals surface area contributed by atoms with E-state index in [0.29, 0.717) is 11.5 Å². The summed E-state index contributed by atoms with van der Waals surface area (Å²) in [6, 6.07) is 38.2. The minimum absolute atomic E-state index is 0.0207. The molecule has 0 heterocycles. The fraction of sp³-hybridized carbons (Fsp3) is 0.0541. The average Bonchev–Trinajstić information content (AvgIpc) is 3.08. The Labute approximate surface area is 269 Å². The zero-order valence-electron chi connectivity index (χ0n) is 24.5. The molecule has 236 valence electrons. The standard InChI is InChI=1S/C37H26F3NO5S/c38-37(39,40)29-20-22-34(32(24-29)41-47(43,44)30-21-19-25-11-7-8-16-28(25)23-30)45-33-18-10-9-17-31(33)36(42)46-35(26-12-3-1-4-13-26)27-14-5-2-6-15-27/h1-24,35,41H. The van der Waals surface area contributed by atoms with Crippen LogP contribution in [0.15, 0.2) is 150 Å². The van der Waals surface area contributed by atoms with Crippen molar-refractivity contribution < 1.29 is 35.9 Å². The van der Waals surface area contributed by atoms with Crippen molar-refractivity contribution >= 4 is 32.5 Å². The number of fused-ring (bicyclic) bond motifs is 1. The lowest BCUT2D eigenvalue weighted by molar-refractivity contribution is -0.137. The zero-order chi connectivity index (χ0) is 33.0. The predicted octanol–water partition coefficient (Wildman–Crippen LogP) is 9.40. The topological polar surface area (TPSA) is 81.7 Å². The summed E-state index contributed by atoms with van der Waals surface area (Å²) in [4.78, 5) is 13.5. The lowest BCUT2D eigenvalue weighted by atomic mass is 10.0. The third-order valence-electron chi connectivity index (χ3n) is 7.34. The van der Waals surface area contributed by atoms with E-state index in [1.165, 1.54) is 24.3 Å². The molecule has 0 saturated carbocycles. The molecule has 6 rings (SSSR count).